The van der Waals surface area contributed by atoms with Gasteiger partial charge in [0.25, 0.3) is 0 Å². The number of aldehydes is 1. The Bertz CT molecular complexity index is 502. The molecule has 0 atom stereocenters. The van der Waals surface area contributed by atoms with E-state index in [0.29, 0.717) is 5.56 Å². The van der Waals surface area contributed by atoms with Crippen molar-refractivity contribution in [1.82, 2.24) is 4.57 Å². The predicted octanol–water partition coefficient (Wildman–Crippen LogP) is 3.25. The molecule has 2 aromatic rings. The number of carbonyl (C=O) groups excluding carboxylic acids is 1. The zero-order valence-corrected chi connectivity index (χ0v) is 9.03. The fraction of sp³-hybridized carbons (Fsp3) is 0.0833. The fourth-order valence-electron chi connectivity index (χ4n) is 1.51. The fourth-order valence-corrected chi connectivity index (χ4v) is 1.68. The van der Waals surface area contributed by atoms with E-state index in [4.69, 9.17) is 11.6 Å². The highest BCUT2D eigenvalue weighted by molar-refractivity contribution is 6.31. The van der Waals surface area contributed by atoms with E-state index < -0.39 is 0 Å². The van der Waals surface area contributed by atoms with Crippen molar-refractivity contribution >= 4 is 17.9 Å². The standard InChI is InChI=1S/C12H10ClNO/c1-9-11(13)3-2-4-12(9)14-6-5-10(7-14)8-15/h2-8H,1H3. The Morgan fingerprint density at radius 2 is 2.13 bits per heavy atom. The van der Waals surface area contributed by atoms with Gasteiger partial charge in [-0.25, -0.2) is 0 Å². The molecule has 0 N–H and O–H groups in total. The van der Waals surface area contributed by atoms with Gasteiger partial charge in [-0.3, -0.25) is 4.79 Å². The lowest BCUT2D eigenvalue weighted by Crippen LogP contribution is -1.93. The molecule has 0 radical (unpaired) electrons. The second-order valence-electron chi connectivity index (χ2n) is 3.35. The molecule has 0 bridgehead atoms. The van der Waals surface area contributed by atoms with E-state index in [0.717, 1.165) is 22.6 Å². The maximum Gasteiger partial charge on any atom is 0.151 e. The van der Waals surface area contributed by atoms with Gasteiger partial charge in [0.2, 0.25) is 0 Å². The van der Waals surface area contributed by atoms with E-state index in [1.807, 2.05) is 35.9 Å². The summed E-state index contributed by atoms with van der Waals surface area (Å²) in [4.78, 5) is 10.6. The van der Waals surface area contributed by atoms with Gasteiger partial charge in [-0.05, 0) is 30.7 Å². The van der Waals surface area contributed by atoms with Crippen molar-refractivity contribution in [2.75, 3.05) is 0 Å². The molecule has 2 nitrogen and oxygen atoms in total. The Morgan fingerprint density at radius 1 is 1.33 bits per heavy atom. The van der Waals surface area contributed by atoms with Crippen LogP contribution in [0.25, 0.3) is 5.69 Å². The Balaban J connectivity index is 2.53. The van der Waals surface area contributed by atoms with Crippen LogP contribution in [0.5, 0.6) is 0 Å². The summed E-state index contributed by atoms with van der Waals surface area (Å²) < 4.78 is 1.89. The number of rotatable bonds is 2. The van der Waals surface area contributed by atoms with E-state index in [1.165, 1.54) is 0 Å². The number of halogens is 1. The third kappa shape index (κ3) is 1.81. The van der Waals surface area contributed by atoms with E-state index in [2.05, 4.69) is 0 Å². The van der Waals surface area contributed by atoms with E-state index in [-0.39, 0.29) is 0 Å². The van der Waals surface area contributed by atoms with Gasteiger partial charge < -0.3 is 4.57 Å². The van der Waals surface area contributed by atoms with E-state index >= 15 is 0 Å². The summed E-state index contributed by atoms with van der Waals surface area (Å²) in [6.45, 7) is 1.96. The Morgan fingerprint density at radius 3 is 2.80 bits per heavy atom. The van der Waals surface area contributed by atoms with Crippen LogP contribution in [0.2, 0.25) is 5.02 Å². The van der Waals surface area contributed by atoms with Gasteiger partial charge in [0, 0.05) is 28.7 Å². The van der Waals surface area contributed by atoms with Crippen LogP contribution in [0.4, 0.5) is 0 Å². The maximum atomic E-state index is 10.6. The summed E-state index contributed by atoms with van der Waals surface area (Å²) in [5.74, 6) is 0. The first-order valence-corrected chi connectivity index (χ1v) is 4.99. The summed E-state index contributed by atoms with van der Waals surface area (Å²) in [6.07, 6.45) is 4.46. The molecule has 0 aliphatic rings. The summed E-state index contributed by atoms with van der Waals surface area (Å²) in [7, 11) is 0. The van der Waals surface area contributed by atoms with Crippen LogP contribution in [0, 0.1) is 6.92 Å². The van der Waals surface area contributed by atoms with Gasteiger partial charge in [-0.1, -0.05) is 17.7 Å². The summed E-state index contributed by atoms with van der Waals surface area (Å²) >= 11 is 6.02. The quantitative estimate of drug-likeness (QED) is 0.711. The van der Waals surface area contributed by atoms with Gasteiger partial charge in [-0.15, -0.1) is 0 Å². The minimum Gasteiger partial charge on any atom is -0.323 e. The first-order valence-electron chi connectivity index (χ1n) is 4.61. The zero-order chi connectivity index (χ0) is 10.8. The highest BCUT2D eigenvalue weighted by Crippen LogP contribution is 2.22. The third-order valence-corrected chi connectivity index (χ3v) is 2.78. The van der Waals surface area contributed by atoms with Crippen molar-refractivity contribution in [1.29, 1.82) is 0 Å². The van der Waals surface area contributed by atoms with Crippen molar-refractivity contribution in [3.63, 3.8) is 0 Å². The van der Waals surface area contributed by atoms with Crippen LogP contribution < -0.4 is 0 Å². The number of nitrogens with zero attached hydrogens (tertiary/aromatic N) is 1. The maximum absolute atomic E-state index is 10.6. The molecule has 0 unspecified atom stereocenters. The summed E-state index contributed by atoms with van der Waals surface area (Å²) in [5, 5.41) is 0.730. The highest BCUT2D eigenvalue weighted by Gasteiger charge is 2.04. The molecule has 1 heterocycles. The molecule has 15 heavy (non-hydrogen) atoms. The van der Waals surface area contributed by atoms with Crippen molar-refractivity contribution < 1.29 is 4.79 Å². The molecular formula is C12H10ClNO. The largest absolute Gasteiger partial charge is 0.323 e. The molecule has 0 spiro atoms. The number of hydrogen-bond donors (Lipinski definition) is 0. The van der Waals surface area contributed by atoms with Crippen molar-refractivity contribution in [2.45, 2.75) is 6.92 Å². The van der Waals surface area contributed by atoms with Crippen LogP contribution in [0.3, 0.4) is 0 Å². The molecule has 0 saturated heterocycles. The lowest BCUT2D eigenvalue weighted by atomic mass is 10.2. The molecular weight excluding hydrogens is 210 g/mol. The molecule has 2 rings (SSSR count). The number of carbonyl (C=O) groups is 1. The van der Waals surface area contributed by atoms with Gasteiger partial charge in [0.05, 0.1) is 0 Å². The summed E-state index contributed by atoms with van der Waals surface area (Å²) in [6, 6.07) is 7.49. The first-order chi connectivity index (χ1) is 7.22. The Kier molecular flexibility index (Phi) is 2.60. The lowest BCUT2D eigenvalue weighted by Gasteiger charge is -2.07. The predicted molar refractivity (Wildman–Crippen MR) is 60.9 cm³/mol. The van der Waals surface area contributed by atoms with Gasteiger partial charge in [-0.2, -0.15) is 0 Å². The molecule has 76 valence electrons. The average molecular weight is 220 g/mol. The molecule has 0 saturated carbocycles. The number of hydrogen-bond acceptors (Lipinski definition) is 1. The molecule has 0 aliphatic carbocycles. The molecule has 1 aromatic heterocycles. The molecule has 0 aliphatic heterocycles. The van der Waals surface area contributed by atoms with E-state index in [9.17, 15) is 4.79 Å². The molecule has 0 fully saturated rings. The van der Waals surface area contributed by atoms with Crippen LogP contribution in [0.1, 0.15) is 15.9 Å². The first kappa shape index (κ1) is 9.99. The van der Waals surface area contributed by atoms with Crippen LogP contribution in [0.15, 0.2) is 36.7 Å². The smallest absolute Gasteiger partial charge is 0.151 e. The van der Waals surface area contributed by atoms with Crippen molar-refractivity contribution in [3.05, 3.63) is 52.8 Å². The second-order valence-corrected chi connectivity index (χ2v) is 3.76. The molecule has 1 aromatic carbocycles. The average Bonchev–Trinajstić information content (AvgIpc) is 2.70. The minimum atomic E-state index is 0.661. The molecule has 3 heteroatoms. The number of aromatic nitrogens is 1. The van der Waals surface area contributed by atoms with Crippen molar-refractivity contribution in [3.8, 4) is 5.69 Å². The third-order valence-electron chi connectivity index (χ3n) is 2.37. The van der Waals surface area contributed by atoms with Crippen molar-refractivity contribution in [2.24, 2.45) is 0 Å². The Hall–Kier alpha value is -1.54. The van der Waals surface area contributed by atoms with Crippen LogP contribution >= 0.6 is 11.6 Å². The van der Waals surface area contributed by atoms with Crippen LogP contribution in [-0.2, 0) is 0 Å². The minimum absolute atomic E-state index is 0.661. The van der Waals surface area contributed by atoms with E-state index in [1.54, 1.807) is 12.3 Å². The second kappa shape index (κ2) is 3.91. The van der Waals surface area contributed by atoms with Gasteiger partial charge in [0.1, 0.15) is 0 Å². The highest BCUT2D eigenvalue weighted by atomic mass is 35.5. The molecule has 0 amide bonds. The van der Waals surface area contributed by atoms with Gasteiger partial charge >= 0.3 is 0 Å². The normalized spacial score (nSPS) is 10.3. The van der Waals surface area contributed by atoms with Gasteiger partial charge in [0.15, 0.2) is 6.29 Å². The topological polar surface area (TPSA) is 22.0 Å². The lowest BCUT2D eigenvalue weighted by molar-refractivity contribution is 0.112. The zero-order valence-electron chi connectivity index (χ0n) is 8.27. The monoisotopic (exact) mass is 219 g/mol. The Labute approximate surface area is 93.1 Å². The number of benzene rings is 1. The summed E-state index contributed by atoms with van der Waals surface area (Å²) in [5.41, 5.74) is 2.66. The van der Waals surface area contributed by atoms with Crippen LogP contribution in [-0.4, -0.2) is 10.9 Å². The SMILES string of the molecule is Cc1c(Cl)cccc1-n1ccc(C=O)c1.